The van der Waals surface area contributed by atoms with Crippen molar-refractivity contribution in [1.29, 1.82) is 0 Å². The monoisotopic (exact) mass is 371 g/mol. The fourth-order valence-corrected chi connectivity index (χ4v) is 4.09. The SMILES string of the molecule is O=C(NC1CC1)c1ccccc1OCC1CCCN(Cc2nccs2)C1. The molecular formula is C20H25N3O2S. The van der Waals surface area contributed by atoms with E-state index < -0.39 is 0 Å². The van der Waals surface area contributed by atoms with Gasteiger partial charge in [-0.3, -0.25) is 9.69 Å². The standard InChI is InChI=1S/C20H25N3O2S/c24-20(22-16-7-8-16)17-5-1-2-6-18(17)25-14-15-4-3-10-23(12-15)13-19-21-9-11-26-19/h1-2,5-6,9,11,15-16H,3-4,7-8,10,12-14H2,(H,22,24). The van der Waals surface area contributed by atoms with Gasteiger partial charge in [-0.25, -0.2) is 4.98 Å². The van der Waals surface area contributed by atoms with Gasteiger partial charge in [0.05, 0.1) is 18.7 Å². The van der Waals surface area contributed by atoms with Crippen LogP contribution < -0.4 is 10.1 Å². The first-order valence-electron chi connectivity index (χ1n) is 9.41. The lowest BCUT2D eigenvalue weighted by atomic mass is 9.99. The molecule has 2 aromatic rings. The van der Waals surface area contributed by atoms with E-state index in [-0.39, 0.29) is 5.91 Å². The predicted molar refractivity (Wildman–Crippen MR) is 103 cm³/mol. The van der Waals surface area contributed by atoms with Gasteiger partial charge in [0.2, 0.25) is 0 Å². The molecule has 6 heteroatoms. The van der Waals surface area contributed by atoms with Crippen LogP contribution in [0.25, 0.3) is 0 Å². The maximum atomic E-state index is 12.4. The number of carbonyl (C=O) groups excluding carboxylic acids is 1. The molecule has 1 aromatic heterocycles. The van der Waals surface area contributed by atoms with Crippen molar-refractivity contribution in [2.45, 2.75) is 38.3 Å². The third-order valence-corrected chi connectivity index (χ3v) is 5.73. The number of rotatable bonds is 7. The summed E-state index contributed by atoms with van der Waals surface area (Å²) >= 11 is 1.71. The molecule has 2 fully saturated rings. The molecule has 26 heavy (non-hydrogen) atoms. The van der Waals surface area contributed by atoms with Crippen LogP contribution in [-0.2, 0) is 6.54 Å². The average Bonchev–Trinajstić information content (AvgIpc) is 3.33. The smallest absolute Gasteiger partial charge is 0.255 e. The summed E-state index contributed by atoms with van der Waals surface area (Å²) in [4.78, 5) is 19.2. The highest BCUT2D eigenvalue weighted by atomic mass is 32.1. The largest absolute Gasteiger partial charge is 0.492 e. The van der Waals surface area contributed by atoms with Gasteiger partial charge in [0.1, 0.15) is 10.8 Å². The van der Waals surface area contributed by atoms with Crippen molar-refractivity contribution in [2.75, 3.05) is 19.7 Å². The summed E-state index contributed by atoms with van der Waals surface area (Å²) in [6, 6.07) is 7.93. The second-order valence-electron chi connectivity index (χ2n) is 7.22. The van der Waals surface area contributed by atoms with Crippen LogP contribution in [0.4, 0.5) is 0 Å². The summed E-state index contributed by atoms with van der Waals surface area (Å²) in [6.07, 6.45) is 6.40. The number of hydrogen-bond donors (Lipinski definition) is 1. The van der Waals surface area contributed by atoms with Gasteiger partial charge in [-0.2, -0.15) is 0 Å². The summed E-state index contributed by atoms with van der Waals surface area (Å²) in [5, 5.41) is 6.25. The third-order valence-electron chi connectivity index (χ3n) is 4.96. The van der Waals surface area contributed by atoms with E-state index in [9.17, 15) is 4.79 Å². The topological polar surface area (TPSA) is 54.5 Å². The van der Waals surface area contributed by atoms with Crippen molar-refractivity contribution >= 4 is 17.2 Å². The average molecular weight is 372 g/mol. The Kier molecular flexibility index (Phi) is 5.51. The Balaban J connectivity index is 1.32. The summed E-state index contributed by atoms with van der Waals surface area (Å²) in [5.74, 6) is 1.17. The quantitative estimate of drug-likeness (QED) is 0.811. The lowest BCUT2D eigenvalue weighted by molar-refractivity contribution is 0.0940. The highest BCUT2D eigenvalue weighted by molar-refractivity contribution is 7.09. The fraction of sp³-hybridized carbons (Fsp3) is 0.500. The summed E-state index contributed by atoms with van der Waals surface area (Å²) in [5.41, 5.74) is 0.648. The fourth-order valence-electron chi connectivity index (χ4n) is 3.43. The Morgan fingerprint density at radius 2 is 2.19 bits per heavy atom. The first-order valence-corrected chi connectivity index (χ1v) is 10.3. The Morgan fingerprint density at radius 1 is 1.31 bits per heavy atom. The Labute approximate surface area is 158 Å². The highest BCUT2D eigenvalue weighted by Crippen LogP contribution is 2.25. The molecule has 2 heterocycles. The highest BCUT2D eigenvalue weighted by Gasteiger charge is 2.26. The van der Waals surface area contributed by atoms with Crippen LogP contribution in [-0.4, -0.2) is 41.5 Å². The number of amides is 1. The van der Waals surface area contributed by atoms with Crippen molar-refractivity contribution in [1.82, 2.24) is 15.2 Å². The predicted octanol–water partition coefficient (Wildman–Crippen LogP) is 3.33. The number of thiazole rings is 1. The minimum absolute atomic E-state index is 0.0165. The summed E-state index contributed by atoms with van der Waals surface area (Å²) < 4.78 is 6.08. The van der Waals surface area contributed by atoms with Crippen LogP contribution in [0.15, 0.2) is 35.8 Å². The van der Waals surface area contributed by atoms with Crippen molar-refractivity contribution in [3.05, 3.63) is 46.4 Å². The van der Waals surface area contributed by atoms with E-state index in [0.717, 1.165) is 32.5 Å². The lowest BCUT2D eigenvalue weighted by Gasteiger charge is -2.32. The van der Waals surface area contributed by atoms with Crippen LogP contribution in [0.5, 0.6) is 5.75 Å². The zero-order chi connectivity index (χ0) is 17.8. The minimum atomic E-state index is -0.0165. The molecule has 5 nitrogen and oxygen atoms in total. The van der Waals surface area contributed by atoms with Gasteiger partial charge in [0.15, 0.2) is 0 Å². The number of benzene rings is 1. The third kappa shape index (κ3) is 4.62. The Morgan fingerprint density at radius 3 is 3.00 bits per heavy atom. The zero-order valence-corrected chi connectivity index (χ0v) is 15.7. The molecule has 0 bridgehead atoms. The van der Waals surface area contributed by atoms with Gasteiger partial charge in [-0.05, 0) is 44.4 Å². The molecule has 1 N–H and O–H groups in total. The molecule has 2 aliphatic rings. The molecule has 1 atom stereocenters. The molecule has 0 radical (unpaired) electrons. The summed E-state index contributed by atoms with van der Waals surface area (Å²) in [6.45, 7) is 3.73. The maximum Gasteiger partial charge on any atom is 0.255 e. The number of para-hydroxylation sites is 1. The van der Waals surface area contributed by atoms with Crippen molar-refractivity contribution in [2.24, 2.45) is 5.92 Å². The van der Waals surface area contributed by atoms with Gasteiger partial charge in [0, 0.05) is 30.1 Å². The molecule has 1 saturated heterocycles. The van der Waals surface area contributed by atoms with Gasteiger partial charge >= 0.3 is 0 Å². The maximum absolute atomic E-state index is 12.4. The minimum Gasteiger partial charge on any atom is -0.492 e. The number of nitrogens with zero attached hydrogens (tertiary/aromatic N) is 2. The van der Waals surface area contributed by atoms with Gasteiger partial charge in [-0.15, -0.1) is 11.3 Å². The Bertz CT molecular complexity index is 730. The van der Waals surface area contributed by atoms with Crippen LogP contribution in [0.3, 0.4) is 0 Å². The summed E-state index contributed by atoms with van der Waals surface area (Å²) in [7, 11) is 0. The second kappa shape index (κ2) is 8.18. The van der Waals surface area contributed by atoms with Crippen molar-refractivity contribution in [3.8, 4) is 5.75 Å². The number of nitrogens with one attached hydrogen (secondary N) is 1. The number of likely N-dealkylation sites (tertiary alicyclic amines) is 1. The molecule has 1 saturated carbocycles. The molecule has 1 aliphatic carbocycles. The van der Waals surface area contributed by atoms with E-state index in [4.69, 9.17) is 4.74 Å². The van der Waals surface area contributed by atoms with Crippen molar-refractivity contribution < 1.29 is 9.53 Å². The molecule has 0 spiro atoms. The number of hydrogen-bond acceptors (Lipinski definition) is 5. The molecule has 1 unspecified atom stereocenters. The van der Waals surface area contributed by atoms with Crippen LogP contribution >= 0.6 is 11.3 Å². The van der Waals surface area contributed by atoms with Gasteiger partial charge in [0.25, 0.3) is 5.91 Å². The van der Waals surface area contributed by atoms with E-state index in [1.807, 2.05) is 35.8 Å². The van der Waals surface area contributed by atoms with Crippen molar-refractivity contribution in [3.63, 3.8) is 0 Å². The van der Waals surface area contributed by atoms with E-state index in [0.29, 0.717) is 29.9 Å². The number of piperidine rings is 1. The number of carbonyl (C=O) groups is 1. The van der Waals surface area contributed by atoms with Gasteiger partial charge in [-0.1, -0.05) is 12.1 Å². The number of aromatic nitrogens is 1. The van der Waals surface area contributed by atoms with E-state index in [1.165, 1.54) is 17.8 Å². The van der Waals surface area contributed by atoms with Crippen LogP contribution in [0, 0.1) is 5.92 Å². The van der Waals surface area contributed by atoms with E-state index in [1.54, 1.807) is 11.3 Å². The van der Waals surface area contributed by atoms with Gasteiger partial charge < -0.3 is 10.1 Å². The molecule has 4 rings (SSSR count). The second-order valence-corrected chi connectivity index (χ2v) is 8.20. The van der Waals surface area contributed by atoms with E-state index >= 15 is 0 Å². The molecular weight excluding hydrogens is 346 g/mol. The first kappa shape index (κ1) is 17.5. The molecule has 1 aliphatic heterocycles. The normalized spacial score (nSPS) is 20.7. The van der Waals surface area contributed by atoms with Crippen LogP contribution in [0.1, 0.15) is 41.0 Å². The molecule has 1 amide bonds. The molecule has 1 aromatic carbocycles. The Hall–Kier alpha value is -1.92. The zero-order valence-electron chi connectivity index (χ0n) is 14.9. The molecule has 138 valence electrons. The first-order chi connectivity index (χ1) is 12.8. The lowest BCUT2D eigenvalue weighted by Crippen LogP contribution is -2.37. The van der Waals surface area contributed by atoms with E-state index in [2.05, 4.69) is 15.2 Å². The number of ether oxygens (including phenoxy) is 1. The van der Waals surface area contributed by atoms with Crippen LogP contribution in [0.2, 0.25) is 0 Å².